The topological polar surface area (TPSA) is 58.6 Å². The highest BCUT2D eigenvalue weighted by Gasteiger charge is 2.20. The summed E-state index contributed by atoms with van der Waals surface area (Å²) in [6, 6.07) is -0.225. The lowest BCUT2D eigenvalue weighted by atomic mass is 10.2. The second-order valence-electron chi connectivity index (χ2n) is 4.11. The Morgan fingerprint density at radius 2 is 2.12 bits per heavy atom. The Balaban J connectivity index is 2.30. The molecule has 0 aromatic rings. The van der Waals surface area contributed by atoms with Crippen LogP contribution >= 0.6 is 0 Å². The molecule has 1 N–H and O–H groups in total. The van der Waals surface area contributed by atoms with Crippen molar-refractivity contribution in [2.75, 3.05) is 44.8 Å². The van der Waals surface area contributed by atoms with Crippen molar-refractivity contribution in [1.82, 2.24) is 10.2 Å². The van der Waals surface area contributed by atoms with Gasteiger partial charge in [0.2, 0.25) is 0 Å². The first kappa shape index (κ1) is 14.6. The van der Waals surface area contributed by atoms with Crippen molar-refractivity contribution in [3.8, 4) is 0 Å². The lowest BCUT2D eigenvalue weighted by molar-refractivity contribution is -0.143. The fraction of sp³-hybridized carbons (Fsp3) is 0.909. The summed E-state index contributed by atoms with van der Waals surface area (Å²) in [5.41, 5.74) is 0. The summed E-state index contributed by atoms with van der Waals surface area (Å²) in [7, 11) is 0.776. The zero-order valence-electron chi connectivity index (χ0n) is 10.6. The zero-order valence-corrected chi connectivity index (χ0v) is 11.4. The lowest BCUT2D eigenvalue weighted by Gasteiger charge is -2.27. The molecule has 1 rings (SSSR count). The van der Waals surface area contributed by atoms with Gasteiger partial charge in [0.25, 0.3) is 0 Å². The predicted octanol–water partition coefficient (Wildman–Crippen LogP) is -0.408. The minimum Gasteiger partial charge on any atom is -0.468 e. The average molecular weight is 262 g/mol. The highest BCUT2D eigenvalue weighted by atomic mass is 32.2. The van der Waals surface area contributed by atoms with Crippen LogP contribution in [0.4, 0.5) is 0 Å². The summed E-state index contributed by atoms with van der Waals surface area (Å²) in [5, 5.41) is 3.12. The Bertz CT molecular complexity index is 263. The second-order valence-corrected chi connectivity index (χ2v) is 5.81. The van der Waals surface area contributed by atoms with Crippen LogP contribution in [0.1, 0.15) is 13.3 Å². The number of hydrogen-bond acceptors (Lipinski definition) is 5. The number of hydrogen-bond donors (Lipinski definition) is 1. The minimum absolute atomic E-state index is 0.201. The molecule has 1 aliphatic rings. The van der Waals surface area contributed by atoms with E-state index < -0.39 is 10.8 Å². The molecule has 0 spiro atoms. The van der Waals surface area contributed by atoms with Crippen LogP contribution in [0, 0.1) is 0 Å². The Morgan fingerprint density at radius 3 is 2.65 bits per heavy atom. The van der Waals surface area contributed by atoms with E-state index in [-0.39, 0.29) is 12.0 Å². The maximum absolute atomic E-state index is 11.5. The van der Waals surface area contributed by atoms with Gasteiger partial charge < -0.3 is 15.0 Å². The molecule has 0 aromatic carbocycles. The average Bonchev–Trinajstić information content (AvgIpc) is 2.35. The van der Waals surface area contributed by atoms with Crippen LogP contribution in [-0.4, -0.2) is 65.9 Å². The van der Waals surface area contributed by atoms with E-state index in [1.165, 1.54) is 7.11 Å². The molecule has 1 heterocycles. The number of methoxy groups -OCH3 is 1. The van der Waals surface area contributed by atoms with Crippen molar-refractivity contribution in [1.29, 1.82) is 0 Å². The van der Waals surface area contributed by atoms with Gasteiger partial charge in [0.1, 0.15) is 6.04 Å². The Morgan fingerprint density at radius 1 is 1.47 bits per heavy atom. The van der Waals surface area contributed by atoms with Crippen molar-refractivity contribution < 1.29 is 13.7 Å². The van der Waals surface area contributed by atoms with Crippen LogP contribution in [0.25, 0.3) is 0 Å². The van der Waals surface area contributed by atoms with Gasteiger partial charge in [0, 0.05) is 41.9 Å². The molecule has 6 heteroatoms. The first-order valence-electron chi connectivity index (χ1n) is 6.06. The third-order valence-corrected chi connectivity index (χ3v) is 4.22. The van der Waals surface area contributed by atoms with Crippen molar-refractivity contribution >= 4 is 16.8 Å². The first-order chi connectivity index (χ1) is 8.17. The highest BCUT2D eigenvalue weighted by Crippen LogP contribution is 2.03. The number of ether oxygens (including phenoxy) is 1. The number of nitrogens with one attached hydrogen (secondary N) is 1. The maximum Gasteiger partial charge on any atom is 0.322 e. The van der Waals surface area contributed by atoms with Crippen LogP contribution in [0.3, 0.4) is 0 Å². The van der Waals surface area contributed by atoms with Crippen molar-refractivity contribution in [3.63, 3.8) is 0 Å². The van der Waals surface area contributed by atoms with E-state index >= 15 is 0 Å². The lowest BCUT2D eigenvalue weighted by Crippen LogP contribution is -2.43. The van der Waals surface area contributed by atoms with E-state index in [1.54, 1.807) is 0 Å². The molecule has 1 fully saturated rings. The van der Waals surface area contributed by atoms with Crippen LogP contribution in [0.2, 0.25) is 0 Å². The standard InChI is InChI=1S/C11H22N2O3S/c1-3-12-10(11(14)16-2)4-5-13-6-8-17(15)9-7-13/h10,12H,3-9H2,1-2H3. The summed E-state index contributed by atoms with van der Waals surface area (Å²) in [5.74, 6) is 1.31. The van der Waals surface area contributed by atoms with E-state index in [2.05, 4.69) is 10.2 Å². The molecule has 1 unspecified atom stereocenters. The summed E-state index contributed by atoms with van der Waals surface area (Å²) >= 11 is 0. The molecule has 5 nitrogen and oxygen atoms in total. The van der Waals surface area contributed by atoms with E-state index in [0.717, 1.165) is 44.1 Å². The van der Waals surface area contributed by atoms with Crippen LogP contribution in [0.5, 0.6) is 0 Å². The van der Waals surface area contributed by atoms with E-state index in [0.29, 0.717) is 0 Å². The van der Waals surface area contributed by atoms with Gasteiger partial charge in [-0.25, -0.2) is 0 Å². The number of rotatable bonds is 6. The van der Waals surface area contributed by atoms with Gasteiger partial charge in [-0.15, -0.1) is 0 Å². The Hall–Kier alpha value is -0.460. The van der Waals surface area contributed by atoms with Gasteiger partial charge in [0.15, 0.2) is 0 Å². The van der Waals surface area contributed by atoms with Crippen LogP contribution in [0.15, 0.2) is 0 Å². The molecule has 1 aliphatic heterocycles. The normalized spacial score (nSPS) is 20.1. The fourth-order valence-corrected chi connectivity index (χ4v) is 3.03. The van der Waals surface area contributed by atoms with Gasteiger partial charge in [-0.05, 0) is 13.0 Å². The van der Waals surface area contributed by atoms with Gasteiger partial charge in [-0.1, -0.05) is 6.92 Å². The van der Waals surface area contributed by atoms with Crippen molar-refractivity contribution in [3.05, 3.63) is 0 Å². The van der Waals surface area contributed by atoms with Gasteiger partial charge in [-0.2, -0.15) is 0 Å². The molecule has 0 amide bonds. The Labute approximate surface area is 105 Å². The summed E-state index contributed by atoms with van der Waals surface area (Å²) in [4.78, 5) is 13.7. The predicted molar refractivity (Wildman–Crippen MR) is 68.4 cm³/mol. The van der Waals surface area contributed by atoms with E-state index in [9.17, 15) is 9.00 Å². The van der Waals surface area contributed by atoms with E-state index in [1.807, 2.05) is 6.92 Å². The molecule has 17 heavy (non-hydrogen) atoms. The minimum atomic E-state index is -0.638. The first-order valence-corrected chi connectivity index (χ1v) is 7.54. The number of esters is 1. The molecule has 0 aliphatic carbocycles. The van der Waals surface area contributed by atoms with Crippen LogP contribution < -0.4 is 5.32 Å². The van der Waals surface area contributed by atoms with Crippen LogP contribution in [-0.2, 0) is 20.3 Å². The molecule has 1 saturated heterocycles. The molecule has 0 aromatic heterocycles. The molecule has 0 radical (unpaired) electrons. The van der Waals surface area contributed by atoms with Gasteiger partial charge >= 0.3 is 5.97 Å². The van der Waals surface area contributed by atoms with E-state index in [4.69, 9.17) is 4.74 Å². The molecule has 100 valence electrons. The third-order valence-electron chi connectivity index (χ3n) is 2.94. The molecular formula is C11H22N2O3S. The highest BCUT2D eigenvalue weighted by molar-refractivity contribution is 7.85. The number of nitrogens with zero attached hydrogens (tertiary/aromatic N) is 1. The van der Waals surface area contributed by atoms with Gasteiger partial charge in [0.05, 0.1) is 7.11 Å². The molecular weight excluding hydrogens is 240 g/mol. The Kier molecular flexibility index (Phi) is 6.69. The molecule has 0 bridgehead atoms. The van der Waals surface area contributed by atoms with Crippen molar-refractivity contribution in [2.45, 2.75) is 19.4 Å². The third kappa shape index (κ3) is 5.14. The summed E-state index contributed by atoms with van der Waals surface area (Å²) in [6.45, 7) is 5.31. The number of carbonyl (C=O) groups excluding carboxylic acids is 1. The molecule has 1 atom stereocenters. The smallest absolute Gasteiger partial charge is 0.322 e. The summed E-state index contributed by atoms with van der Waals surface area (Å²) < 4.78 is 16.0. The SMILES string of the molecule is CCNC(CCN1CCS(=O)CC1)C(=O)OC. The fourth-order valence-electron chi connectivity index (χ4n) is 1.90. The molecule has 0 saturated carbocycles. The van der Waals surface area contributed by atoms with Gasteiger partial charge in [-0.3, -0.25) is 9.00 Å². The van der Waals surface area contributed by atoms with Crippen molar-refractivity contribution in [2.24, 2.45) is 0 Å². The largest absolute Gasteiger partial charge is 0.468 e. The monoisotopic (exact) mass is 262 g/mol. The number of likely N-dealkylation sites (N-methyl/N-ethyl adjacent to an activating group) is 1. The number of carbonyl (C=O) groups is 1. The second kappa shape index (κ2) is 7.79. The summed E-state index contributed by atoms with van der Waals surface area (Å²) in [6.07, 6.45) is 0.743. The maximum atomic E-state index is 11.5. The quantitative estimate of drug-likeness (QED) is 0.660. The zero-order chi connectivity index (χ0) is 12.7.